The van der Waals surface area contributed by atoms with Crippen molar-refractivity contribution in [3.63, 3.8) is 0 Å². The Morgan fingerprint density at radius 3 is 1.44 bits per heavy atom. The summed E-state index contributed by atoms with van der Waals surface area (Å²) in [6, 6.07) is 0. The van der Waals surface area contributed by atoms with Gasteiger partial charge in [-0.05, 0) is 6.92 Å². The van der Waals surface area contributed by atoms with Gasteiger partial charge in [-0.3, -0.25) is 14.4 Å². The zero-order valence-corrected chi connectivity index (χ0v) is 16.2. The number of carbonyl (C=O) groups is 3. The molecule has 0 aliphatic carbocycles. The molecule has 0 aromatic heterocycles. The first-order valence-electron chi connectivity index (χ1n) is 3.84. The Morgan fingerprint density at radius 2 is 1.38 bits per heavy atom. The normalized spacial score (nSPS) is 13.4. The molecule has 2 atom stereocenters. The quantitative estimate of drug-likeness (QED) is 0.380. The zero-order valence-electron chi connectivity index (χ0n) is 8.35. The Morgan fingerprint density at radius 1 is 1.06 bits per heavy atom. The third-order valence-electron chi connectivity index (χ3n) is 1.59. The fraction of sp³-hybridized carbons (Fsp3) is 0.571. The summed E-state index contributed by atoms with van der Waals surface area (Å²) < 4.78 is 0. The Bertz CT molecular complexity index is 254. The summed E-state index contributed by atoms with van der Waals surface area (Å²) in [5.41, 5.74) is 0. The maximum atomic E-state index is 10.7. The second-order valence-corrected chi connectivity index (χ2v) is 38.1. The molecule has 0 radical (unpaired) electrons. The van der Waals surface area contributed by atoms with E-state index in [4.69, 9.17) is 10.2 Å². The molecule has 0 aliphatic rings. The van der Waals surface area contributed by atoms with Crippen LogP contribution >= 0.6 is 59.9 Å². The summed E-state index contributed by atoms with van der Waals surface area (Å²) in [6.45, 7) is 2.26. The predicted molar refractivity (Wildman–Crippen MR) is 80.7 cm³/mol. The summed E-state index contributed by atoms with van der Waals surface area (Å²) in [5.74, 6) is -5.94. The van der Waals surface area contributed by atoms with Crippen LogP contribution in [0.25, 0.3) is 0 Å². The van der Waals surface area contributed by atoms with E-state index in [9.17, 15) is 14.4 Å². The van der Waals surface area contributed by atoms with Gasteiger partial charge in [-0.15, -0.1) is 0 Å². The summed E-state index contributed by atoms with van der Waals surface area (Å²) in [4.78, 5) is 31.1. The topological polar surface area (TPSA) is 91.7 Å². The molecule has 0 rings (SSSR count). The van der Waals surface area contributed by atoms with Crippen LogP contribution in [0.5, 0.6) is 0 Å². The fourth-order valence-corrected chi connectivity index (χ4v) is 0.882. The average Bonchev–Trinajstić information content (AvgIpc) is 2.00. The van der Waals surface area contributed by atoms with Crippen LogP contribution in [-0.2, 0) is 19.3 Å². The Balaban J connectivity index is 0. The molecule has 0 saturated heterocycles. The standard InChI is InChI=1S/C7H10O5.3HI.V/c1-3(6(9)10)5(4(2)8)7(11)12;;;;/h3,5H,1-2H3,(H,9,10)(H,11,12);3*1H;/q;;;;+3/p-3. The average molecular weight is 606 g/mol. The molecular weight excluding hydrogens is 596 g/mol. The molecule has 94 valence electrons. The van der Waals surface area contributed by atoms with Crippen molar-refractivity contribution in [2.24, 2.45) is 11.8 Å². The van der Waals surface area contributed by atoms with Gasteiger partial charge < -0.3 is 10.2 Å². The monoisotopic (exact) mass is 606 g/mol. The van der Waals surface area contributed by atoms with Crippen molar-refractivity contribution < 1.29 is 29.5 Å². The summed E-state index contributed by atoms with van der Waals surface area (Å²) in [5, 5.41) is 16.9. The van der Waals surface area contributed by atoms with E-state index in [0.717, 1.165) is 6.92 Å². The van der Waals surface area contributed by atoms with Gasteiger partial charge in [-0.2, -0.15) is 0 Å². The molecule has 0 spiro atoms. The fourth-order valence-electron chi connectivity index (χ4n) is 0.882. The molecule has 0 aromatic rings. The number of hydrogen-bond donors (Lipinski definition) is 2. The van der Waals surface area contributed by atoms with Gasteiger partial charge in [0, 0.05) is 0 Å². The van der Waals surface area contributed by atoms with Crippen molar-refractivity contribution in [3.8, 4) is 0 Å². The van der Waals surface area contributed by atoms with Crippen LogP contribution in [0.2, 0.25) is 0 Å². The number of carboxylic acid groups (broad SMARTS) is 2. The Labute approximate surface area is 131 Å². The SMILES string of the molecule is CC(=O)C(C(=O)O)C(C)C(=O)O.[I][V]([I])[I]. The zero-order chi connectivity index (χ0) is 13.5. The molecule has 2 unspecified atom stereocenters. The van der Waals surface area contributed by atoms with Crippen molar-refractivity contribution in [1.29, 1.82) is 0 Å². The van der Waals surface area contributed by atoms with E-state index in [2.05, 4.69) is 59.9 Å². The first kappa shape index (κ1) is 19.7. The minimum atomic E-state index is -1.44. The van der Waals surface area contributed by atoms with Gasteiger partial charge in [0.1, 0.15) is 11.7 Å². The second kappa shape index (κ2) is 10.3. The Kier molecular flexibility index (Phi) is 12.7. The van der Waals surface area contributed by atoms with Gasteiger partial charge in [0.25, 0.3) is 0 Å². The number of Topliss-reactive ketones (excluding diaryl/α,β-unsaturated/α-hetero) is 1. The van der Waals surface area contributed by atoms with E-state index < -0.39 is 29.6 Å². The third kappa shape index (κ3) is 10.5. The minimum absolute atomic E-state index is 0.278. The number of rotatable bonds is 4. The Hall–Kier alpha value is 1.38. The molecule has 0 aliphatic heterocycles. The summed E-state index contributed by atoms with van der Waals surface area (Å²) in [6.07, 6.45) is 0. The first-order valence-corrected chi connectivity index (χ1v) is 17.4. The molecule has 0 heterocycles. The van der Waals surface area contributed by atoms with Crippen LogP contribution in [0.4, 0.5) is 0 Å². The summed E-state index contributed by atoms with van der Waals surface area (Å²) in [7, 11) is 0. The second-order valence-electron chi connectivity index (χ2n) is 2.75. The van der Waals surface area contributed by atoms with Crippen LogP contribution < -0.4 is 0 Å². The third-order valence-corrected chi connectivity index (χ3v) is 1.59. The van der Waals surface area contributed by atoms with Gasteiger partial charge in [0.2, 0.25) is 0 Å². The van der Waals surface area contributed by atoms with Gasteiger partial charge in [-0.1, -0.05) is 6.92 Å². The molecule has 0 aromatic carbocycles. The molecule has 2 N–H and O–H groups in total. The number of hydrogen-bond acceptors (Lipinski definition) is 3. The molecule has 5 nitrogen and oxygen atoms in total. The molecular formula is C7H10I3O5V. The first-order chi connectivity index (χ1) is 7.11. The van der Waals surface area contributed by atoms with Crippen molar-refractivity contribution in [1.82, 2.24) is 0 Å². The number of carboxylic acids is 2. The predicted octanol–water partition coefficient (Wildman–Crippen LogP) is 2.65. The van der Waals surface area contributed by atoms with Crippen LogP contribution in [0.1, 0.15) is 13.8 Å². The van der Waals surface area contributed by atoms with E-state index >= 15 is 0 Å². The van der Waals surface area contributed by atoms with Gasteiger partial charge in [0.15, 0.2) is 0 Å². The van der Waals surface area contributed by atoms with Gasteiger partial charge in [0.05, 0.1) is 5.92 Å². The summed E-state index contributed by atoms with van der Waals surface area (Å²) >= 11 is 7.39. The number of ketones is 1. The molecule has 16 heavy (non-hydrogen) atoms. The molecule has 0 bridgehead atoms. The number of aliphatic carboxylic acids is 2. The van der Waals surface area contributed by atoms with Crippen LogP contribution in [0.3, 0.4) is 0 Å². The molecule has 0 amide bonds. The van der Waals surface area contributed by atoms with Crippen molar-refractivity contribution >= 4 is 77.7 Å². The van der Waals surface area contributed by atoms with Crippen LogP contribution in [0.15, 0.2) is 0 Å². The van der Waals surface area contributed by atoms with Gasteiger partial charge >= 0.3 is 76.8 Å². The van der Waals surface area contributed by atoms with Crippen LogP contribution in [-0.4, -0.2) is 27.9 Å². The van der Waals surface area contributed by atoms with Crippen molar-refractivity contribution in [2.45, 2.75) is 13.8 Å². The van der Waals surface area contributed by atoms with Gasteiger partial charge in [-0.25, -0.2) is 0 Å². The van der Waals surface area contributed by atoms with Crippen molar-refractivity contribution in [3.05, 3.63) is 0 Å². The van der Waals surface area contributed by atoms with Crippen molar-refractivity contribution in [2.75, 3.05) is 0 Å². The molecule has 0 fully saturated rings. The van der Waals surface area contributed by atoms with Crippen LogP contribution in [0, 0.1) is 11.8 Å². The molecule has 9 heteroatoms. The number of carbonyl (C=O) groups excluding carboxylic acids is 1. The van der Waals surface area contributed by atoms with E-state index in [1.807, 2.05) is 0 Å². The molecule has 0 saturated carbocycles. The van der Waals surface area contributed by atoms with E-state index in [1.165, 1.54) is 6.92 Å². The van der Waals surface area contributed by atoms with E-state index in [1.54, 1.807) is 0 Å². The maximum absolute atomic E-state index is 10.7. The van der Waals surface area contributed by atoms with E-state index in [0.29, 0.717) is 0 Å². The van der Waals surface area contributed by atoms with E-state index in [-0.39, 0.29) is 4.92 Å². The number of halogens is 3.